The van der Waals surface area contributed by atoms with Crippen LogP contribution in [0.3, 0.4) is 0 Å². The van der Waals surface area contributed by atoms with Crippen molar-refractivity contribution in [1.29, 1.82) is 0 Å². The number of para-hydroxylation sites is 2. The number of hydrogen-bond donors (Lipinski definition) is 4. The molecule has 4 aromatic carbocycles. The van der Waals surface area contributed by atoms with Crippen molar-refractivity contribution in [2.45, 2.75) is 38.5 Å². The Bertz CT molecular complexity index is 1020. The lowest BCUT2D eigenvalue weighted by Crippen LogP contribution is -2.02. The van der Waals surface area contributed by atoms with Gasteiger partial charge in [-0.15, -0.1) is 0 Å². The highest BCUT2D eigenvalue weighted by Crippen LogP contribution is 2.20. The van der Waals surface area contributed by atoms with Crippen LogP contribution in [0.1, 0.15) is 38.5 Å². The van der Waals surface area contributed by atoms with Crippen LogP contribution < -0.4 is 21.3 Å². The minimum Gasteiger partial charge on any atom is -0.385 e. The van der Waals surface area contributed by atoms with Gasteiger partial charge in [0.2, 0.25) is 0 Å². The Balaban J connectivity index is 0.995. The quantitative estimate of drug-likeness (QED) is 0.129. The SMILES string of the molecule is c1ccc(Nc2ccc(NCCCCCCCCNc3ccc(Nc4ccccc4)cc3)cc2)cc1. The van der Waals surface area contributed by atoms with Gasteiger partial charge >= 0.3 is 0 Å². The van der Waals surface area contributed by atoms with Crippen molar-refractivity contribution in [3.8, 4) is 0 Å². The zero-order valence-electron chi connectivity index (χ0n) is 21.0. The maximum Gasteiger partial charge on any atom is 0.0385 e. The molecule has 0 saturated carbocycles. The first-order valence-corrected chi connectivity index (χ1v) is 13.2. The third kappa shape index (κ3) is 9.03. The molecule has 36 heavy (non-hydrogen) atoms. The molecule has 0 fully saturated rings. The average Bonchev–Trinajstić information content (AvgIpc) is 2.93. The second kappa shape index (κ2) is 14.5. The second-order valence-corrected chi connectivity index (χ2v) is 9.11. The summed E-state index contributed by atoms with van der Waals surface area (Å²) >= 11 is 0. The van der Waals surface area contributed by atoms with Crippen molar-refractivity contribution < 1.29 is 0 Å². The molecule has 4 heteroatoms. The molecule has 0 amide bonds. The number of anilines is 6. The molecule has 4 N–H and O–H groups in total. The summed E-state index contributed by atoms with van der Waals surface area (Å²) in [6.45, 7) is 2.06. The van der Waals surface area contributed by atoms with E-state index in [1.165, 1.54) is 49.9 Å². The molecule has 4 nitrogen and oxygen atoms in total. The van der Waals surface area contributed by atoms with Crippen LogP contribution >= 0.6 is 0 Å². The maximum absolute atomic E-state index is 3.54. The zero-order valence-corrected chi connectivity index (χ0v) is 21.0. The molecule has 0 saturated heterocycles. The Morgan fingerprint density at radius 2 is 0.611 bits per heavy atom. The number of hydrogen-bond acceptors (Lipinski definition) is 4. The number of rotatable bonds is 15. The molecule has 0 unspecified atom stereocenters. The van der Waals surface area contributed by atoms with Gasteiger partial charge in [-0.1, -0.05) is 62.1 Å². The third-order valence-electron chi connectivity index (χ3n) is 6.16. The lowest BCUT2D eigenvalue weighted by molar-refractivity contribution is 0.610. The van der Waals surface area contributed by atoms with Crippen molar-refractivity contribution in [2.75, 3.05) is 34.4 Å². The first kappa shape index (κ1) is 25.2. The van der Waals surface area contributed by atoms with Gasteiger partial charge in [0.1, 0.15) is 0 Å². The fourth-order valence-electron chi connectivity index (χ4n) is 4.14. The Kier molecular flexibility index (Phi) is 10.1. The molecule has 0 spiro atoms. The molecule has 0 aliphatic rings. The normalized spacial score (nSPS) is 10.6. The van der Waals surface area contributed by atoms with Crippen LogP contribution in [0.4, 0.5) is 34.1 Å². The number of benzene rings is 4. The van der Waals surface area contributed by atoms with Gasteiger partial charge in [-0.05, 0) is 85.6 Å². The lowest BCUT2D eigenvalue weighted by Gasteiger charge is -2.10. The molecule has 0 atom stereocenters. The molecular weight excluding hydrogens is 440 g/mol. The van der Waals surface area contributed by atoms with Crippen LogP contribution in [0.25, 0.3) is 0 Å². The first-order chi connectivity index (χ1) is 17.8. The fraction of sp³-hybridized carbons (Fsp3) is 0.250. The van der Waals surface area contributed by atoms with Crippen LogP contribution in [0.15, 0.2) is 109 Å². The van der Waals surface area contributed by atoms with Gasteiger partial charge in [0.15, 0.2) is 0 Å². The van der Waals surface area contributed by atoms with Gasteiger partial charge in [0.25, 0.3) is 0 Å². The summed E-state index contributed by atoms with van der Waals surface area (Å²) < 4.78 is 0. The van der Waals surface area contributed by atoms with Gasteiger partial charge < -0.3 is 21.3 Å². The van der Waals surface area contributed by atoms with Crippen molar-refractivity contribution in [3.63, 3.8) is 0 Å². The standard InChI is InChI=1S/C32H38N4/c1(3-11-25-33-27-17-21-31(22-18-27)35-29-13-7-5-8-14-29)2-4-12-26-34-28-19-23-32(24-20-28)36-30-15-9-6-10-16-30/h5-10,13-24,33-36H,1-4,11-12,25-26H2. The summed E-state index contributed by atoms with van der Waals surface area (Å²) in [5.74, 6) is 0. The van der Waals surface area contributed by atoms with Crippen LogP contribution in [0, 0.1) is 0 Å². The highest BCUT2D eigenvalue weighted by Gasteiger charge is 1.98. The minimum atomic E-state index is 1.03. The molecule has 4 rings (SSSR count). The second-order valence-electron chi connectivity index (χ2n) is 9.11. The molecule has 0 radical (unpaired) electrons. The van der Waals surface area contributed by atoms with E-state index in [-0.39, 0.29) is 0 Å². The largest absolute Gasteiger partial charge is 0.385 e. The summed E-state index contributed by atoms with van der Waals surface area (Å²) in [6, 6.07) is 37.6. The van der Waals surface area contributed by atoms with Crippen molar-refractivity contribution >= 4 is 34.1 Å². The lowest BCUT2D eigenvalue weighted by atomic mass is 10.1. The Labute approximate surface area is 216 Å². The van der Waals surface area contributed by atoms with Crippen LogP contribution in [0.5, 0.6) is 0 Å². The molecule has 0 heterocycles. The number of unbranched alkanes of at least 4 members (excludes halogenated alkanes) is 5. The smallest absolute Gasteiger partial charge is 0.0385 e. The molecule has 0 bridgehead atoms. The molecule has 0 aromatic heterocycles. The van der Waals surface area contributed by atoms with Gasteiger partial charge in [0, 0.05) is 47.2 Å². The molecular formula is C32H38N4. The predicted octanol–water partition coefficient (Wildman–Crippen LogP) is 9.04. The van der Waals surface area contributed by atoms with Crippen molar-refractivity contribution in [3.05, 3.63) is 109 Å². The summed E-state index contributed by atoms with van der Waals surface area (Å²) in [4.78, 5) is 0. The van der Waals surface area contributed by atoms with E-state index >= 15 is 0 Å². The summed E-state index contributed by atoms with van der Waals surface area (Å²) in [5, 5.41) is 13.9. The van der Waals surface area contributed by atoms with Gasteiger partial charge in [-0.25, -0.2) is 0 Å². The third-order valence-corrected chi connectivity index (χ3v) is 6.16. The first-order valence-electron chi connectivity index (χ1n) is 13.2. The summed E-state index contributed by atoms with van der Waals surface area (Å²) in [5.41, 5.74) is 6.81. The van der Waals surface area contributed by atoms with E-state index < -0.39 is 0 Å². The Morgan fingerprint density at radius 1 is 0.306 bits per heavy atom. The van der Waals surface area contributed by atoms with E-state index in [1.54, 1.807) is 0 Å². The van der Waals surface area contributed by atoms with Crippen LogP contribution in [0.2, 0.25) is 0 Å². The minimum absolute atomic E-state index is 1.03. The monoisotopic (exact) mass is 478 g/mol. The molecule has 0 aliphatic heterocycles. The van der Waals surface area contributed by atoms with E-state index in [4.69, 9.17) is 0 Å². The topological polar surface area (TPSA) is 48.1 Å². The Morgan fingerprint density at radius 3 is 1.00 bits per heavy atom. The average molecular weight is 479 g/mol. The van der Waals surface area contributed by atoms with E-state index in [9.17, 15) is 0 Å². The maximum atomic E-state index is 3.54. The van der Waals surface area contributed by atoms with Crippen molar-refractivity contribution in [2.24, 2.45) is 0 Å². The Hall–Kier alpha value is -3.92. The van der Waals surface area contributed by atoms with E-state index in [2.05, 4.69) is 94.1 Å². The van der Waals surface area contributed by atoms with Gasteiger partial charge in [-0.2, -0.15) is 0 Å². The van der Waals surface area contributed by atoms with Crippen LogP contribution in [-0.2, 0) is 0 Å². The molecule has 186 valence electrons. The summed E-state index contributed by atoms with van der Waals surface area (Å²) in [7, 11) is 0. The summed E-state index contributed by atoms with van der Waals surface area (Å²) in [6.07, 6.45) is 7.61. The predicted molar refractivity (Wildman–Crippen MR) is 157 cm³/mol. The zero-order chi connectivity index (χ0) is 24.7. The van der Waals surface area contributed by atoms with Crippen molar-refractivity contribution in [1.82, 2.24) is 0 Å². The highest BCUT2D eigenvalue weighted by molar-refractivity contribution is 5.63. The van der Waals surface area contributed by atoms with Crippen LogP contribution in [-0.4, -0.2) is 13.1 Å². The molecule has 4 aromatic rings. The molecule has 0 aliphatic carbocycles. The van der Waals surface area contributed by atoms with E-state index in [0.717, 1.165) is 35.8 Å². The van der Waals surface area contributed by atoms with Gasteiger partial charge in [0.05, 0.1) is 0 Å². The van der Waals surface area contributed by atoms with Gasteiger partial charge in [-0.3, -0.25) is 0 Å². The van der Waals surface area contributed by atoms with E-state index in [0.29, 0.717) is 0 Å². The van der Waals surface area contributed by atoms with E-state index in [1.807, 2.05) is 36.4 Å². The number of nitrogens with one attached hydrogen (secondary N) is 4. The fourth-order valence-corrected chi connectivity index (χ4v) is 4.14. The highest BCUT2D eigenvalue weighted by atomic mass is 14.9.